The summed E-state index contributed by atoms with van der Waals surface area (Å²) in [5.74, 6) is 0.273. The van der Waals surface area contributed by atoms with Gasteiger partial charge in [-0.15, -0.1) is 10.2 Å². The number of nitrogens with zero attached hydrogens (tertiary/aromatic N) is 2. The third kappa shape index (κ3) is 1.91. The molecule has 1 unspecified atom stereocenters. The maximum absolute atomic E-state index is 9.61. The van der Waals surface area contributed by atoms with Crippen LogP contribution < -0.4 is 5.73 Å². The molecule has 0 fully saturated rings. The number of hydrogen-bond donors (Lipinski definition) is 2. The van der Waals surface area contributed by atoms with Crippen LogP contribution in [-0.2, 0) is 0 Å². The van der Waals surface area contributed by atoms with Crippen molar-refractivity contribution in [1.82, 2.24) is 10.2 Å². The second-order valence-corrected chi connectivity index (χ2v) is 4.69. The fourth-order valence-corrected chi connectivity index (χ4v) is 2.26. The van der Waals surface area contributed by atoms with Gasteiger partial charge in [0.05, 0.1) is 6.04 Å². The monoisotopic (exact) mass is 235 g/mol. The molecule has 84 valence electrons. The summed E-state index contributed by atoms with van der Waals surface area (Å²) < 4.78 is 0. The lowest BCUT2D eigenvalue weighted by atomic mass is 10.1. The summed E-state index contributed by atoms with van der Waals surface area (Å²) in [6.45, 7) is 3.73. The van der Waals surface area contributed by atoms with Crippen LogP contribution in [0.1, 0.15) is 23.5 Å². The molecule has 2 rings (SSSR count). The van der Waals surface area contributed by atoms with Gasteiger partial charge in [0.25, 0.3) is 0 Å². The molecule has 0 aliphatic heterocycles. The lowest BCUT2D eigenvalue weighted by Gasteiger charge is -2.03. The van der Waals surface area contributed by atoms with Gasteiger partial charge in [-0.2, -0.15) is 0 Å². The van der Waals surface area contributed by atoms with Crippen molar-refractivity contribution in [2.24, 2.45) is 5.73 Å². The average molecular weight is 235 g/mol. The van der Waals surface area contributed by atoms with Crippen LogP contribution in [0.25, 0.3) is 10.6 Å². The molecule has 0 saturated heterocycles. The molecule has 4 nitrogen and oxygen atoms in total. The first kappa shape index (κ1) is 11.0. The Bertz CT molecular complexity index is 508. The van der Waals surface area contributed by atoms with E-state index in [2.05, 4.69) is 10.2 Å². The van der Waals surface area contributed by atoms with Crippen molar-refractivity contribution in [3.8, 4) is 16.3 Å². The smallest absolute Gasteiger partial charge is 0.148 e. The summed E-state index contributed by atoms with van der Waals surface area (Å²) >= 11 is 1.46. The Morgan fingerprint density at radius 3 is 2.75 bits per heavy atom. The molecule has 0 saturated carbocycles. The average Bonchev–Trinajstić information content (AvgIpc) is 2.71. The summed E-state index contributed by atoms with van der Waals surface area (Å²) in [4.78, 5) is 0. The van der Waals surface area contributed by atoms with Gasteiger partial charge in [-0.25, -0.2) is 0 Å². The van der Waals surface area contributed by atoms with Gasteiger partial charge in [0, 0.05) is 11.1 Å². The van der Waals surface area contributed by atoms with Crippen molar-refractivity contribution in [3.05, 3.63) is 28.8 Å². The molecule has 0 aliphatic carbocycles. The third-order valence-electron chi connectivity index (χ3n) is 2.37. The number of hydrogen-bond acceptors (Lipinski definition) is 5. The van der Waals surface area contributed by atoms with E-state index in [0.717, 1.165) is 21.1 Å². The zero-order valence-corrected chi connectivity index (χ0v) is 9.95. The van der Waals surface area contributed by atoms with E-state index in [1.807, 2.05) is 19.9 Å². The van der Waals surface area contributed by atoms with E-state index < -0.39 is 0 Å². The Hall–Kier alpha value is -1.46. The fraction of sp³-hybridized carbons (Fsp3) is 0.273. The van der Waals surface area contributed by atoms with Crippen molar-refractivity contribution in [1.29, 1.82) is 0 Å². The second kappa shape index (κ2) is 4.19. The zero-order chi connectivity index (χ0) is 11.7. The Balaban J connectivity index is 2.47. The summed E-state index contributed by atoms with van der Waals surface area (Å²) in [5.41, 5.74) is 7.45. The highest BCUT2D eigenvalue weighted by Crippen LogP contribution is 2.31. The molecule has 5 heteroatoms. The minimum Gasteiger partial charge on any atom is -0.508 e. The largest absolute Gasteiger partial charge is 0.508 e. The van der Waals surface area contributed by atoms with Crippen molar-refractivity contribution < 1.29 is 5.11 Å². The Labute approximate surface area is 97.8 Å². The van der Waals surface area contributed by atoms with Crippen molar-refractivity contribution >= 4 is 11.3 Å². The number of aromatic hydroxyl groups is 1. The number of phenolic OH excluding ortho intramolecular Hbond substituents is 1. The number of aromatic nitrogens is 2. The highest BCUT2D eigenvalue weighted by Gasteiger charge is 2.12. The Morgan fingerprint density at radius 1 is 1.38 bits per heavy atom. The van der Waals surface area contributed by atoms with Gasteiger partial charge in [-0.1, -0.05) is 23.5 Å². The van der Waals surface area contributed by atoms with E-state index in [-0.39, 0.29) is 11.8 Å². The quantitative estimate of drug-likeness (QED) is 0.837. The van der Waals surface area contributed by atoms with Gasteiger partial charge < -0.3 is 10.8 Å². The van der Waals surface area contributed by atoms with Gasteiger partial charge >= 0.3 is 0 Å². The normalized spacial score (nSPS) is 12.7. The van der Waals surface area contributed by atoms with Crippen LogP contribution in [0, 0.1) is 6.92 Å². The number of benzene rings is 1. The molecule has 0 aliphatic rings. The molecule has 0 bridgehead atoms. The Kier molecular flexibility index (Phi) is 2.89. The van der Waals surface area contributed by atoms with Gasteiger partial charge in [-0.05, 0) is 19.9 Å². The zero-order valence-electron chi connectivity index (χ0n) is 9.14. The van der Waals surface area contributed by atoms with E-state index in [1.165, 1.54) is 11.3 Å². The first-order chi connectivity index (χ1) is 7.59. The first-order valence-corrected chi connectivity index (χ1v) is 5.79. The number of nitrogens with two attached hydrogens (primary N) is 1. The predicted molar refractivity (Wildman–Crippen MR) is 64.3 cm³/mol. The van der Waals surface area contributed by atoms with Crippen LogP contribution in [0.5, 0.6) is 5.75 Å². The topological polar surface area (TPSA) is 72.0 Å². The maximum atomic E-state index is 9.61. The minimum absolute atomic E-state index is 0.108. The third-order valence-corrected chi connectivity index (χ3v) is 3.52. The maximum Gasteiger partial charge on any atom is 0.148 e. The SMILES string of the molecule is Cc1c(O)cccc1-c1nnc(C(C)N)s1. The van der Waals surface area contributed by atoms with Crippen molar-refractivity contribution in [2.45, 2.75) is 19.9 Å². The van der Waals surface area contributed by atoms with Crippen LogP contribution >= 0.6 is 11.3 Å². The molecule has 1 aromatic heterocycles. The second-order valence-electron chi connectivity index (χ2n) is 3.68. The van der Waals surface area contributed by atoms with Crippen molar-refractivity contribution in [2.75, 3.05) is 0 Å². The highest BCUT2D eigenvalue weighted by atomic mass is 32.1. The molecule has 16 heavy (non-hydrogen) atoms. The van der Waals surface area contributed by atoms with Gasteiger partial charge in [-0.3, -0.25) is 0 Å². The molecule has 0 spiro atoms. The van der Waals surface area contributed by atoms with Gasteiger partial charge in [0.1, 0.15) is 15.8 Å². The van der Waals surface area contributed by atoms with Gasteiger partial charge in [0.2, 0.25) is 0 Å². The van der Waals surface area contributed by atoms with Crippen LogP contribution in [0.4, 0.5) is 0 Å². The lowest BCUT2D eigenvalue weighted by molar-refractivity contribution is 0.471. The number of rotatable bonds is 2. The minimum atomic E-state index is -0.108. The predicted octanol–water partition coefficient (Wildman–Crippen LogP) is 2.24. The van der Waals surface area contributed by atoms with Crippen LogP contribution in [0.3, 0.4) is 0 Å². The first-order valence-electron chi connectivity index (χ1n) is 4.97. The fourth-order valence-electron chi connectivity index (χ4n) is 1.38. The highest BCUT2D eigenvalue weighted by molar-refractivity contribution is 7.14. The van der Waals surface area contributed by atoms with Crippen molar-refractivity contribution in [3.63, 3.8) is 0 Å². The standard InChI is InChI=1S/C11H13N3OS/c1-6-8(4-3-5-9(6)15)11-14-13-10(16-11)7(2)12/h3-5,7,15H,12H2,1-2H3. The van der Waals surface area contributed by atoms with Crippen LogP contribution in [0.15, 0.2) is 18.2 Å². The molecular weight excluding hydrogens is 222 g/mol. The molecule has 1 atom stereocenters. The summed E-state index contributed by atoms with van der Waals surface area (Å²) in [7, 11) is 0. The van der Waals surface area contributed by atoms with E-state index >= 15 is 0 Å². The summed E-state index contributed by atoms with van der Waals surface area (Å²) in [6.07, 6.45) is 0. The molecule has 0 amide bonds. The van der Waals surface area contributed by atoms with Crippen LogP contribution in [0.2, 0.25) is 0 Å². The molecule has 2 aromatic rings. The van der Waals surface area contributed by atoms with E-state index in [4.69, 9.17) is 5.73 Å². The molecule has 1 aromatic carbocycles. The van der Waals surface area contributed by atoms with E-state index in [1.54, 1.807) is 12.1 Å². The number of phenols is 1. The van der Waals surface area contributed by atoms with Gasteiger partial charge in [0.15, 0.2) is 0 Å². The van der Waals surface area contributed by atoms with E-state index in [0.29, 0.717) is 0 Å². The van der Waals surface area contributed by atoms with E-state index in [9.17, 15) is 5.11 Å². The summed E-state index contributed by atoms with van der Waals surface area (Å²) in [5, 5.41) is 19.3. The molecule has 0 radical (unpaired) electrons. The molecular formula is C11H13N3OS. The summed E-state index contributed by atoms with van der Waals surface area (Å²) in [6, 6.07) is 5.26. The molecule has 3 N–H and O–H groups in total. The Morgan fingerprint density at radius 2 is 2.12 bits per heavy atom. The van der Waals surface area contributed by atoms with Crippen LogP contribution in [-0.4, -0.2) is 15.3 Å². The molecule has 1 heterocycles. The lowest BCUT2D eigenvalue weighted by Crippen LogP contribution is -2.03.